The molecule has 0 bridgehead atoms. The third-order valence-electron chi connectivity index (χ3n) is 3.83. The largest absolute Gasteiger partial charge is 0.358 e. The summed E-state index contributed by atoms with van der Waals surface area (Å²) in [4.78, 5) is 15.5. The van der Waals surface area contributed by atoms with Gasteiger partial charge in [0.05, 0.1) is 16.8 Å². The number of fused-ring (bicyclic) bond motifs is 3. The lowest BCUT2D eigenvalue weighted by atomic mass is 10.1. The van der Waals surface area contributed by atoms with Gasteiger partial charge in [0.2, 0.25) is 0 Å². The molecule has 0 saturated heterocycles. The summed E-state index contributed by atoms with van der Waals surface area (Å²) < 4.78 is 16.0. The van der Waals surface area contributed by atoms with Gasteiger partial charge in [-0.1, -0.05) is 33.6 Å². The van der Waals surface area contributed by atoms with Crippen LogP contribution in [0.5, 0.6) is 0 Å². The number of aryl methyl sites for hydroxylation is 1. The van der Waals surface area contributed by atoms with Gasteiger partial charge in [-0.25, -0.2) is 4.39 Å². The van der Waals surface area contributed by atoms with Crippen molar-refractivity contribution < 1.29 is 4.39 Å². The van der Waals surface area contributed by atoms with Gasteiger partial charge >= 0.3 is 0 Å². The monoisotopic (exact) mass is 371 g/mol. The molecule has 4 rings (SSSR count). The average Bonchev–Trinajstić information content (AvgIpc) is 2.86. The zero-order valence-corrected chi connectivity index (χ0v) is 13.7. The number of rotatable bonds is 1. The highest BCUT2D eigenvalue weighted by Gasteiger charge is 2.20. The standard InChI is InChI=1S/C17H11BrFN3O/c1-9-2-4-11(5-3-9)22-17(23)13-8-20-16-12(15(13)21-22)6-10(18)7-14(16)19/h2-8,20H,1H3. The summed E-state index contributed by atoms with van der Waals surface area (Å²) in [5.74, 6) is -0.395. The predicted octanol–water partition coefficient (Wildman–Crippen LogP) is 4.03. The number of pyridine rings is 1. The van der Waals surface area contributed by atoms with Gasteiger partial charge in [0.25, 0.3) is 5.56 Å². The molecule has 0 aliphatic carbocycles. The molecule has 0 radical (unpaired) electrons. The van der Waals surface area contributed by atoms with Crippen molar-refractivity contribution in [2.75, 3.05) is 0 Å². The summed E-state index contributed by atoms with van der Waals surface area (Å²) in [5, 5.41) is 4.99. The van der Waals surface area contributed by atoms with Crippen LogP contribution in [0.15, 0.2) is 51.9 Å². The Kier molecular flexibility index (Phi) is 3.09. The molecule has 0 aromatic heterocycles. The van der Waals surface area contributed by atoms with Crippen LogP contribution in [0.1, 0.15) is 5.56 Å². The van der Waals surface area contributed by atoms with Crippen LogP contribution in [0, 0.1) is 12.7 Å². The second-order valence-corrected chi connectivity index (χ2v) is 6.33. The van der Waals surface area contributed by atoms with Crippen molar-refractivity contribution in [3.8, 4) is 16.9 Å². The number of benzene rings is 2. The fraction of sp³-hybridized carbons (Fsp3) is 0.0588. The third kappa shape index (κ3) is 2.17. The van der Waals surface area contributed by atoms with Crippen LogP contribution < -0.4 is 5.56 Å². The molecule has 0 saturated carbocycles. The van der Waals surface area contributed by atoms with Crippen LogP contribution in [0.2, 0.25) is 0 Å². The van der Waals surface area contributed by atoms with Crippen LogP contribution in [0.4, 0.5) is 4.39 Å². The summed E-state index contributed by atoms with van der Waals surface area (Å²) >= 11 is 3.28. The molecule has 23 heavy (non-hydrogen) atoms. The van der Waals surface area contributed by atoms with Crippen molar-refractivity contribution in [3.05, 3.63) is 68.8 Å². The average molecular weight is 372 g/mol. The van der Waals surface area contributed by atoms with Gasteiger partial charge in [-0.2, -0.15) is 9.78 Å². The highest BCUT2D eigenvalue weighted by molar-refractivity contribution is 9.10. The zero-order chi connectivity index (χ0) is 16.1. The van der Waals surface area contributed by atoms with Crippen LogP contribution in [0.3, 0.4) is 0 Å². The summed E-state index contributed by atoms with van der Waals surface area (Å²) in [6, 6.07) is 10.6. The minimum Gasteiger partial charge on any atom is -0.358 e. The zero-order valence-electron chi connectivity index (χ0n) is 12.1. The first kappa shape index (κ1) is 14.1. The minimum atomic E-state index is -0.395. The Labute approximate surface area is 139 Å². The smallest absolute Gasteiger partial charge is 0.282 e. The lowest BCUT2D eigenvalue weighted by Gasteiger charge is -2.04. The second kappa shape index (κ2) is 5.03. The van der Waals surface area contributed by atoms with Crippen molar-refractivity contribution in [2.24, 2.45) is 0 Å². The van der Waals surface area contributed by atoms with Gasteiger partial charge in [0, 0.05) is 16.1 Å². The van der Waals surface area contributed by atoms with Crippen molar-refractivity contribution in [1.29, 1.82) is 0 Å². The molecular weight excluding hydrogens is 361 g/mol. The second-order valence-electron chi connectivity index (χ2n) is 5.41. The number of nitrogens with one attached hydrogen (secondary N) is 1. The fourth-order valence-electron chi connectivity index (χ4n) is 2.66. The number of halogens is 2. The van der Waals surface area contributed by atoms with E-state index in [9.17, 15) is 9.18 Å². The Morgan fingerprint density at radius 3 is 2.70 bits per heavy atom. The Hall–Kier alpha value is -2.47. The van der Waals surface area contributed by atoms with E-state index in [1.807, 2.05) is 31.2 Å². The highest BCUT2D eigenvalue weighted by atomic mass is 79.9. The molecule has 2 heterocycles. The Morgan fingerprint density at radius 1 is 1.22 bits per heavy atom. The SMILES string of the molecule is Cc1ccc(-n2nc3c4cc(Br)cc(F)c4[nH]cc-3c2=O)cc1. The number of aromatic amines is 1. The van der Waals surface area contributed by atoms with Gasteiger partial charge in [0.1, 0.15) is 11.5 Å². The van der Waals surface area contributed by atoms with E-state index in [-0.39, 0.29) is 5.56 Å². The van der Waals surface area contributed by atoms with E-state index >= 15 is 0 Å². The Balaban J connectivity index is 2.07. The third-order valence-corrected chi connectivity index (χ3v) is 4.29. The molecule has 0 spiro atoms. The van der Waals surface area contributed by atoms with Crippen molar-refractivity contribution >= 4 is 26.8 Å². The topological polar surface area (TPSA) is 50.7 Å². The van der Waals surface area contributed by atoms with E-state index in [2.05, 4.69) is 26.0 Å². The van der Waals surface area contributed by atoms with E-state index in [0.717, 1.165) is 5.56 Å². The van der Waals surface area contributed by atoms with E-state index in [0.29, 0.717) is 32.3 Å². The molecule has 0 unspecified atom stereocenters. The maximum atomic E-state index is 14.1. The van der Waals surface area contributed by atoms with Gasteiger partial charge in [-0.05, 0) is 31.2 Å². The highest BCUT2D eigenvalue weighted by Crippen LogP contribution is 2.30. The number of H-pyrrole nitrogens is 1. The number of nitrogens with zero attached hydrogens (tertiary/aromatic N) is 2. The molecule has 2 aliphatic heterocycles. The van der Waals surface area contributed by atoms with E-state index in [1.54, 1.807) is 6.07 Å². The van der Waals surface area contributed by atoms with Gasteiger partial charge in [0.15, 0.2) is 0 Å². The summed E-state index contributed by atoms with van der Waals surface area (Å²) in [7, 11) is 0. The summed E-state index contributed by atoms with van der Waals surface area (Å²) in [5.41, 5.74) is 2.78. The van der Waals surface area contributed by atoms with Crippen molar-refractivity contribution in [1.82, 2.24) is 14.8 Å². The normalized spacial score (nSPS) is 11.4. The maximum absolute atomic E-state index is 14.1. The Bertz CT molecular complexity index is 1070. The Morgan fingerprint density at radius 2 is 1.96 bits per heavy atom. The minimum absolute atomic E-state index is 0.234. The van der Waals surface area contributed by atoms with Crippen molar-refractivity contribution in [2.45, 2.75) is 6.92 Å². The van der Waals surface area contributed by atoms with E-state index in [1.165, 1.54) is 16.9 Å². The van der Waals surface area contributed by atoms with E-state index < -0.39 is 5.82 Å². The first-order chi connectivity index (χ1) is 11.0. The van der Waals surface area contributed by atoms with E-state index in [4.69, 9.17) is 0 Å². The van der Waals surface area contributed by atoms with Crippen LogP contribution in [-0.4, -0.2) is 14.8 Å². The van der Waals surface area contributed by atoms with Gasteiger partial charge < -0.3 is 4.98 Å². The van der Waals surface area contributed by atoms with Gasteiger partial charge in [-0.3, -0.25) is 4.79 Å². The number of aromatic nitrogens is 3. The molecule has 2 aromatic carbocycles. The van der Waals surface area contributed by atoms with Crippen LogP contribution >= 0.6 is 15.9 Å². The summed E-state index contributed by atoms with van der Waals surface area (Å²) in [6.07, 6.45) is 1.51. The lowest BCUT2D eigenvalue weighted by molar-refractivity contribution is 0.636. The molecule has 0 amide bonds. The molecule has 114 valence electrons. The molecule has 4 nitrogen and oxygen atoms in total. The first-order valence-electron chi connectivity index (χ1n) is 7.01. The first-order valence-corrected chi connectivity index (χ1v) is 7.80. The van der Waals surface area contributed by atoms with Crippen molar-refractivity contribution in [3.63, 3.8) is 0 Å². The number of hydrogen-bond donors (Lipinski definition) is 1. The maximum Gasteiger partial charge on any atom is 0.282 e. The molecular formula is C17H11BrFN3O. The molecule has 0 fully saturated rings. The molecule has 1 N–H and O–H groups in total. The summed E-state index contributed by atoms with van der Waals surface area (Å²) in [6.45, 7) is 1.98. The molecule has 2 aliphatic rings. The quantitative estimate of drug-likeness (QED) is 0.549. The molecule has 6 heteroatoms. The lowest BCUT2D eigenvalue weighted by Crippen LogP contribution is -2.14. The predicted molar refractivity (Wildman–Crippen MR) is 90.7 cm³/mol. The van der Waals surface area contributed by atoms with Crippen LogP contribution in [0.25, 0.3) is 27.8 Å². The number of hydrogen-bond acceptors (Lipinski definition) is 2. The molecule has 0 atom stereocenters. The molecule has 2 aromatic rings. The fourth-order valence-corrected chi connectivity index (χ4v) is 3.09. The van der Waals surface area contributed by atoms with Crippen LogP contribution in [-0.2, 0) is 0 Å². The van der Waals surface area contributed by atoms with Gasteiger partial charge in [-0.15, -0.1) is 0 Å².